The SMILES string of the molecule is COc1ncccc1C(=O)Nc1ccc(-c2nnnn2C2CC2)cc1. The van der Waals surface area contributed by atoms with Crippen LogP contribution in [0.15, 0.2) is 42.6 Å². The standard InChI is InChI=1S/C17H16N6O2/c1-25-17-14(3-2-10-18-17)16(24)19-12-6-4-11(5-7-12)15-20-21-22-23(15)13-8-9-13/h2-7,10,13H,8-9H2,1H3,(H,19,24). The van der Waals surface area contributed by atoms with Crippen molar-refractivity contribution in [3.63, 3.8) is 0 Å². The number of methoxy groups -OCH3 is 1. The maximum Gasteiger partial charge on any atom is 0.261 e. The zero-order valence-corrected chi connectivity index (χ0v) is 13.6. The number of nitrogens with zero attached hydrogens (tertiary/aromatic N) is 5. The highest BCUT2D eigenvalue weighted by Crippen LogP contribution is 2.36. The molecule has 0 unspecified atom stereocenters. The summed E-state index contributed by atoms with van der Waals surface area (Å²) >= 11 is 0. The van der Waals surface area contributed by atoms with Gasteiger partial charge < -0.3 is 10.1 Å². The zero-order chi connectivity index (χ0) is 17.2. The lowest BCUT2D eigenvalue weighted by atomic mass is 10.2. The molecule has 1 aliphatic rings. The first kappa shape index (κ1) is 15.3. The molecule has 1 N–H and O–H groups in total. The number of pyridine rings is 1. The van der Waals surface area contributed by atoms with Crippen LogP contribution in [0.5, 0.6) is 5.88 Å². The lowest BCUT2D eigenvalue weighted by Crippen LogP contribution is -2.13. The number of benzene rings is 1. The first-order chi connectivity index (χ1) is 12.3. The third kappa shape index (κ3) is 3.06. The zero-order valence-electron chi connectivity index (χ0n) is 13.6. The molecule has 4 rings (SSSR count). The second-order valence-electron chi connectivity index (χ2n) is 5.77. The van der Waals surface area contributed by atoms with Gasteiger partial charge in [0.2, 0.25) is 5.88 Å². The summed E-state index contributed by atoms with van der Waals surface area (Å²) in [6.45, 7) is 0. The van der Waals surface area contributed by atoms with Gasteiger partial charge in [-0.3, -0.25) is 4.79 Å². The molecule has 8 nitrogen and oxygen atoms in total. The van der Waals surface area contributed by atoms with Crippen LogP contribution in [0.25, 0.3) is 11.4 Å². The molecular formula is C17H16N6O2. The van der Waals surface area contributed by atoms with Crippen LogP contribution in [0.3, 0.4) is 0 Å². The average Bonchev–Trinajstić information content (AvgIpc) is 3.39. The van der Waals surface area contributed by atoms with Crippen LogP contribution >= 0.6 is 0 Å². The molecule has 1 aliphatic carbocycles. The van der Waals surface area contributed by atoms with Gasteiger partial charge in [-0.25, -0.2) is 9.67 Å². The van der Waals surface area contributed by atoms with Crippen LogP contribution in [-0.2, 0) is 0 Å². The van der Waals surface area contributed by atoms with E-state index in [2.05, 4.69) is 25.8 Å². The Bertz CT molecular complexity index is 902. The molecule has 1 fully saturated rings. The van der Waals surface area contributed by atoms with E-state index in [4.69, 9.17) is 4.74 Å². The number of rotatable bonds is 5. The molecule has 1 aromatic carbocycles. The summed E-state index contributed by atoms with van der Waals surface area (Å²) in [6.07, 6.45) is 3.80. The van der Waals surface area contributed by atoms with Crippen molar-refractivity contribution in [3.05, 3.63) is 48.2 Å². The molecule has 0 atom stereocenters. The van der Waals surface area contributed by atoms with Gasteiger partial charge in [-0.2, -0.15) is 0 Å². The number of tetrazole rings is 1. The number of carbonyl (C=O) groups excluding carboxylic acids is 1. The third-order valence-corrected chi connectivity index (χ3v) is 4.00. The number of anilines is 1. The van der Waals surface area contributed by atoms with Crippen LogP contribution in [0.1, 0.15) is 29.2 Å². The Labute approximate surface area is 143 Å². The number of hydrogen-bond donors (Lipinski definition) is 1. The second-order valence-corrected chi connectivity index (χ2v) is 5.77. The van der Waals surface area contributed by atoms with Gasteiger partial charge in [0, 0.05) is 17.4 Å². The Morgan fingerprint density at radius 3 is 2.76 bits per heavy atom. The number of hydrogen-bond acceptors (Lipinski definition) is 6. The summed E-state index contributed by atoms with van der Waals surface area (Å²) in [4.78, 5) is 16.4. The van der Waals surface area contributed by atoms with Gasteiger partial charge in [0.05, 0.1) is 13.2 Å². The smallest absolute Gasteiger partial charge is 0.261 e. The number of ether oxygens (including phenoxy) is 1. The van der Waals surface area contributed by atoms with Gasteiger partial charge in [0.1, 0.15) is 5.56 Å². The number of nitrogens with one attached hydrogen (secondary N) is 1. The highest BCUT2D eigenvalue weighted by molar-refractivity contribution is 6.05. The Morgan fingerprint density at radius 1 is 1.24 bits per heavy atom. The van der Waals surface area contributed by atoms with Gasteiger partial charge in [0.15, 0.2) is 5.82 Å². The van der Waals surface area contributed by atoms with Crippen LogP contribution in [0, 0.1) is 0 Å². The third-order valence-electron chi connectivity index (χ3n) is 4.00. The fraction of sp³-hybridized carbons (Fsp3) is 0.235. The van der Waals surface area contributed by atoms with E-state index in [0.717, 1.165) is 24.2 Å². The van der Waals surface area contributed by atoms with E-state index in [-0.39, 0.29) is 5.91 Å². The molecule has 1 saturated carbocycles. The van der Waals surface area contributed by atoms with Crippen molar-refractivity contribution in [2.45, 2.75) is 18.9 Å². The molecule has 0 aliphatic heterocycles. The fourth-order valence-electron chi connectivity index (χ4n) is 2.58. The van der Waals surface area contributed by atoms with E-state index in [1.165, 1.54) is 7.11 Å². The molecule has 126 valence electrons. The fourth-order valence-corrected chi connectivity index (χ4v) is 2.58. The summed E-state index contributed by atoms with van der Waals surface area (Å²) in [6, 6.07) is 11.2. The van der Waals surface area contributed by atoms with Crippen LogP contribution < -0.4 is 10.1 Å². The van der Waals surface area contributed by atoms with Crippen LogP contribution in [0.4, 0.5) is 5.69 Å². The van der Waals surface area contributed by atoms with Crippen molar-refractivity contribution in [2.24, 2.45) is 0 Å². The molecule has 1 amide bonds. The van der Waals surface area contributed by atoms with Crippen molar-refractivity contribution >= 4 is 11.6 Å². The minimum Gasteiger partial charge on any atom is -0.480 e. The average molecular weight is 336 g/mol. The topological polar surface area (TPSA) is 94.8 Å². The molecule has 2 aromatic heterocycles. The number of amides is 1. The molecule has 2 heterocycles. The summed E-state index contributed by atoms with van der Waals surface area (Å²) in [5, 5.41) is 14.7. The molecule has 25 heavy (non-hydrogen) atoms. The molecule has 0 spiro atoms. The summed E-state index contributed by atoms with van der Waals surface area (Å²) in [7, 11) is 1.48. The Morgan fingerprint density at radius 2 is 2.04 bits per heavy atom. The largest absolute Gasteiger partial charge is 0.480 e. The van der Waals surface area contributed by atoms with Crippen molar-refractivity contribution in [2.75, 3.05) is 12.4 Å². The van der Waals surface area contributed by atoms with E-state index in [9.17, 15) is 4.79 Å². The second kappa shape index (κ2) is 6.31. The minimum atomic E-state index is -0.277. The summed E-state index contributed by atoms with van der Waals surface area (Å²) in [5.41, 5.74) is 1.96. The Balaban J connectivity index is 1.52. The first-order valence-corrected chi connectivity index (χ1v) is 7.95. The maximum absolute atomic E-state index is 12.4. The number of aromatic nitrogens is 5. The molecule has 8 heteroatoms. The molecular weight excluding hydrogens is 320 g/mol. The predicted molar refractivity (Wildman–Crippen MR) is 90.3 cm³/mol. The van der Waals surface area contributed by atoms with Crippen LogP contribution in [-0.4, -0.2) is 38.2 Å². The van der Waals surface area contributed by atoms with E-state index in [1.807, 2.05) is 28.9 Å². The van der Waals surface area contributed by atoms with E-state index < -0.39 is 0 Å². The van der Waals surface area contributed by atoms with Gasteiger partial charge in [-0.1, -0.05) is 0 Å². The van der Waals surface area contributed by atoms with Crippen molar-refractivity contribution in [1.82, 2.24) is 25.2 Å². The Kier molecular flexibility index (Phi) is 3.85. The van der Waals surface area contributed by atoms with Gasteiger partial charge in [-0.05, 0) is 59.7 Å². The van der Waals surface area contributed by atoms with E-state index >= 15 is 0 Å². The molecule has 3 aromatic rings. The number of carbonyl (C=O) groups is 1. The van der Waals surface area contributed by atoms with Crippen LogP contribution in [0.2, 0.25) is 0 Å². The van der Waals surface area contributed by atoms with Crippen molar-refractivity contribution < 1.29 is 9.53 Å². The highest BCUT2D eigenvalue weighted by atomic mass is 16.5. The van der Waals surface area contributed by atoms with Gasteiger partial charge in [0.25, 0.3) is 5.91 Å². The summed E-state index contributed by atoms with van der Waals surface area (Å²) < 4.78 is 6.97. The minimum absolute atomic E-state index is 0.277. The predicted octanol–water partition coefficient (Wildman–Crippen LogP) is 2.33. The van der Waals surface area contributed by atoms with E-state index in [1.54, 1.807) is 18.3 Å². The quantitative estimate of drug-likeness (QED) is 0.768. The van der Waals surface area contributed by atoms with Crippen molar-refractivity contribution in [1.29, 1.82) is 0 Å². The molecule has 0 saturated heterocycles. The van der Waals surface area contributed by atoms with Gasteiger partial charge in [-0.15, -0.1) is 5.10 Å². The lowest BCUT2D eigenvalue weighted by Gasteiger charge is -2.09. The highest BCUT2D eigenvalue weighted by Gasteiger charge is 2.28. The van der Waals surface area contributed by atoms with Crippen molar-refractivity contribution in [3.8, 4) is 17.3 Å². The maximum atomic E-state index is 12.4. The normalized spacial score (nSPS) is 13.5. The first-order valence-electron chi connectivity index (χ1n) is 7.95. The van der Waals surface area contributed by atoms with E-state index in [0.29, 0.717) is 23.2 Å². The summed E-state index contributed by atoms with van der Waals surface area (Å²) in [5.74, 6) is 0.759. The molecule has 0 radical (unpaired) electrons. The lowest BCUT2D eigenvalue weighted by molar-refractivity contribution is 0.102. The Hall–Kier alpha value is -3.29. The van der Waals surface area contributed by atoms with Gasteiger partial charge >= 0.3 is 0 Å². The monoisotopic (exact) mass is 336 g/mol. The molecule has 0 bridgehead atoms.